The maximum Gasteiger partial charge on any atom is 0.251 e. The molecule has 0 spiro atoms. The largest absolute Gasteiger partial charge is 0.370 e. The number of rotatable bonds is 9. The van der Waals surface area contributed by atoms with Crippen molar-refractivity contribution in [2.45, 2.75) is 17.9 Å². The number of hydrogen-bond donors (Lipinski definition) is 3. The van der Waals surface area contributed by atoms with E-state index in [4.69, 9.17) is 4.74 Å². The van der Waals surface area contributed by atoms with Crippen LogP contribution < -0.4 is 14.9 Å². The molecule has 1 aliphatic rings. The van der Waals surface area contributed by atoms with Gasteiger partial charge in [-0.25, -0.2) is 17.5 Å². The van der Waals surface area contributed by atoms with Crippen LogP contribution in [-0.4, -0.2) is 53.7 Å². The number of carbonyl (C=O) groups excluding carboxylic acids is 1. The monoisotopic (exact) mass is 436 g/mol. The maximum atomic E-state index is 13.0. The van der Waals surface area contributed by atoms with E-state index in [0.29, 0.717) is 17.7 Å². The quantitative estimate of drug-likeness (QED) is 0.495. The Morgan fingerprint density at radius 2 is 1.70 bits per heavy atom. The molecule has 0 unspecified atom stereocenters. The van der Waals surface area contributed by atoms with Crippen molar-refractivity contribution in [3.8, 4) is 0 Å². The lowest BCUT2D eigenvalue weighted by atomic mass is 10.1. The zero-order valence-electron chi connectivity index (χ0n) is 16.7. The standard InChI is InChI=1S/C21H26FN3O4S/c22-19-6-8-20(9-7-19)30(27,28)24-16-17-2-4-18(5-3-17)21(26)23-10-1-11-25-12-14-29-15-13-25/h2-9,24H,1,10-16H2,(H,23,26)/p+1. The molecule has 162 valence electrons. The third kappa shape index (κ3) is 6.60. The second-order valence-corrected chi connectivity index (χ2v) is 8.96. The van der Waals surface area contributed by atoms with Crippen LogP contribution in [0.3, 0.4) is 0 Å². The fourth-order valence-corrected chi connectivity index (χ4v) is 4.22. The van der Waals surface area contributed by atoms with Crippen molar-refractivity contribution in [1.82, 2.24) is 10.0 Å². The van der Waals surface area contributed by atoms with Crippen LogP contribution in [0.5, 0.6) is 0 Å². The van der Waals surface area contributed by atoms with Gasteiger partial charge in [-0.15, -0.1) is 0 Å². The Balaban J connectivity index is 1.43. The number of halogens is 1. The Bertz CT molecular complexity index is 928. The third-order valence-corrected chi connectivity index (χ3v) is 6.42. The number of benzene rings is 2. The molecule has 0 atom stereocenters. The smallest absolute Gasteiger partial charge is 0.251 e. The number of quaternary nitrogens is 1. The van der Waals surface area contributed by atoms with E-state index in [1.165, 1.54) is 17.0 Å². The lowest BCUT2D eigenvalue weighted by molar-refractivity contribution is -0.908. The third-order valence-electron chi connectivity index (χ3n) is 5.00. The van der Waals surface area contributed by atoms with Crippen molar-refractivity contribution in [2.75, 3.05) is 39.4 Å². The van der Waals surface area contributed by atoms with Gasteiger partial charge in [-0.2, -0.15) is 0 Å². The van der Waals surface area contributed by atoms with E-state index in [-0.39, 0.29) is 17.3 Å². The van der Waals surface area contributed by atoms with Crippen LogP contribution in [0.4, 0.5) is 4.39 Å². The Morgan fingerprint density at radius 1 is 1.03 bits per heavy atom. The van der Waals surface area contributed by atoms with Gasteiger partial charge in [-0.1, -0.05) is 12.1 Å². The molecule has 1 heterocycles. The first kappa shape index (κ1) is 22.4. The summed E-state index contributed by atoms with van der Waals surface area (Å²) in [6.07, 6.45) is 0.907. The predicted octanol–water partition coefficient (Wildman–Crippen LogP) is 0.339. The van der Waals surface area contributed by atoms with Gasteiger partial charge in [0.2, 0.25) is 10.0 Å². The molecule has 0 radical (unpaired) electrons. The van der Waals surface area contributed by atoms with Crippen LogP contribution in [0.1, 0.15) is 22.3 Å². The normalized spacial score (nSPS) is 15.1. The molecule has 2 aromatic rings. The molecule has 0 aliphatic carbocycles. The summed E-state index contributed by atoms with van der Waals surface area (Å²) in [4.78, 5) is 13.8. The second kappa shape index (κ2) is 10.6. The highest BCUT2D eigenvalue weighted by Crippen LogP contribution is 2.11. The van der Waals surface area contributed by atoms with Gasteiger partial charge in [0.25, 0.3) is 5.91 Å². The van der Waals surface area contributed by atoms with Crippen molar-refractivity contribution in [3.63, 3.8) is 0 Å². The molecule has 1 aliphatic heterocycles. The minimum absolute atomic E-state index is 0.00110. The molecule has 9 heteroatoms. The summed E-state index contributed by atoms with van der Waals surface area (Å²) in [6, 6.07) is 11.4. The molecule has 0 aromatic heterocycles. The van der Waals surface area contributed by atoms with Gasteiger partial charge in [-0.3, -0.25) is 4.79 Å². The van der Waals surface area contributed by atoms with E-state index in [2.05, 4.69) is 10.0 Å². The summed E-state index contributed by atoms with van der Waals surface area (Å²) >= 11 is 0. The zero-order chi connectivity index (χ0) is 21.4. The number of carbonyl (C=O) groups is 1. The summed E-state index contributed by atoms with van der Waals surface area (Å²) in [7, 11) is -3.73. The number of morpholine rings is 1. The number of ether oxygens (including phenoxy) is 1. The average Bonchev–Trinajstić information content (AvgIpc) is 2.76. The van der Waals surface area contributed by atoms with E-state index in [1.807, 2.05) is 0 Å². The fraction of sp³-hybridized carbons (Fsp3) is 0.381. The Labute approximate surface area is 176 Å². The SMILES string of the molecule is O=C(NCCC[NH+]1CCOCC1)c1ccc(CNS(=O)(=O)c2ccc(F)cc2)cc1. The zero-order valence-corrected chi connectivity index (χ0v) is 17.5. The second-order valence-electron chi connectivity index (χ2n) is 7.20. The van der Waals surface area contributed by atoms with Gasteiger partial charge in [0.05, 0.1) is 24.7 Å². The Morgan fingerprint density at radius 3 is 2.37 bits per heavy atom. The van der Waals surface area contributed by atoms with Crippen LogP contribution in [0.2, 0.25) is 0 Å². The Hall–Kier alpha value is -2.33. The molecule has 30 heavy (non-hydrogen) atoms. The highest BCUT2D eigenvalue weighted by molar-refractivity contribution is 7.89. The van der Waals surface area contributed by atoms with Gasteiger partial charge in [-0.05, 0) is 42.0 Å². The van der Waals surface area contributed by atoms with Gasteiger partial charge in [0, 0.05) is 25.1 Å². The first-order chi connectivity index (χ1) is 14.4. The molecular formula is C21H27FN3O4S+. The van der Waals surface area contributed by atoms with Crippen molar-refractivity contribution < 1.29 is 27.2 Å². The molecule has 1 amide bonds. The number of hydrogen-bond acceptors (Lipinski definition) is 4. The number of amides is 1. The molecule has 0 saturated carbocycles. The predicted molar refractivity (Wildman–Crippen MR) is 110 cm³/mol. The van der Waals surface area contributed by atoms with Crippen molar-refractivity contribution in [2.24, 2.45) is 0 Å². The lowest BCUT2D eigenvalue weighted by Gasteiger charge is -2.23. The van der Waals surface area contributed by atoms with E-state index in [9.17, 15) is 17.6 Å². The lowest BCUT2D eigenvalue weighted by Crippen LogP contribution is -3.14. The van der Waals surface area contributed by atoms with Crippen LogP contribution in [0, 0.1) is 5.82 Å². The Kier molecular flexibility index (Phi) is 7.92. The van der Waals surface area contributed by atoms with Gasteiger partial charge in [0.1, 0.15) is 18.9 Å². The van der Waals surface area contributed by atoms with E-state index in [1.54, 1.807) is 24.3 Å². The van der Waals surface area contributed by atoms with Crippen molar-refractivity contribution in [3.05, 3.63) is 65.5 Å². The van der Waals surface area contributed by atoms with Gasteiger partial charge >= 0.3 is 0 Å². The number of nitrogens with one attached hydrogen (secondary N) is 3. The first-order valence-electron chi connectivity index (χ1n) is 9.98. The van der Waals surface area contributed by atoms with Crippen LogP contribution in [-0.2, 0) is 21.3 Å². The van der Waals surface area contributed by atoms with Crippen LogP contribution in [0.25, 0.3) is 0 Å². The molecule has 3 N–H and O–H groups in total. The van der Waals surface area contributed by atoms with Crippen LogP contribution in [0.15, 0.2) is 53.4 Å². The van der Waals surface area contributed by atoms with E-state index >= 15 is 0 Å². The topological polar surface area (TPSA) is 88.9 Å². The molecular weight excluding hydrogens is 409 g/mol. The van der Waals surface area contributed by atoms with Gasteiger partial charge in [0.15, 0.2) is 0 Å². The molecule has 1 fully saturated rings. The summed E-state index contributed by atoms with van der Waals surface area (Å²) < 4.78 is 45.3. The average molecular weight is 437 g/mol. The summed E-state index contributed by atoms with van der Waals surface area (Å²) in [5.41, 5.74) is 1.24. The minimum atomic E-state index is -3.73. The highest BCUT2D eigenvalue weighted by atomic mass is 32.2. The van der Waals surface area contributed by atoms with Gasteiger partial charge < -0.3 is 15.0 Å². The molecule has 0 bridgehead atoms. The molecule has 7 nitrogen and oxygen atoms in total. The number of sulfonamides is 1. The van der Waals surface area contributed by atoms with Crippen LogP contribution >= 0.6 is 0 Å². The molecule has 2 aromatic carbocycles. The van der Waals surface area contributed by atoms with E-state index < -0.39 is 15.8 Å². The minimum Gasteiger partial charge on any atom is -0.370 e. The maximum absolute atomic E-state index is 13.0. The molecule has 3 rings (SSSR count). The van der Waals surface area contributed by atoms with Crippen molar-refractivity contribution in [1.29, 1.82) is 0 Å². The summed E-state index contributed by atoms with van der Waals surface area (Å²) in [5.74, 6) is -0.643. The van der Waals surface area contributed by atoms with E-state index in [0.717, 1.165) is 51.4 Å². The first-order valence-corrected chi connectivity index (χ1v) is 11.5. The van der Waals surface area contributed by atoms with Crippen molar-refractivity contribution >= 4 is 15.9 Å². The highest BCUT2D eigenvalue weighted by Gasteiger charge is 2.15. The summed E-state index contributed by atoms with van der Waals surface area (Å²) in [5, 5.41) is 2.91. The fourth-order valence-electron chi connectivity index (χ4n) is 3.20. The summed E-state index contributed by atoms with van der Waals surface area (Å²) in [6.45, 7) is 5.33. The molecule has 1 saturated heterocycles.